The lowest BCUT2D eigenvalue weighted by Crippen LogP contribution is -2.45. The molecule has 0 bridgehead atoms. The van der Waals surface area contributed by atoms with Crippen molar-refractivity contribution in [3.05, 3.63) is 0 Å². The molecule has 0 aromatic heterocycles. The van der Waals surface area contributed by atoms with E-state index in [9.17, 15) is 4.79 Å². The molecule has 23 heavy (non-hydrogen) atoms. The van der Waals surface area contributed by atoms with Gasteiger partial charge >= 0.3 is 6.09 Å². The van der Waals surface area contributed by atoms with E-state index in [1.54, 1.807) is 7.05 Å². The highest BCUT2D eigenvalue weighted by molar-refractivity contribution is 14.0. The second-order valence-electron chi connectivity index (χ2n) is 7.18. The number of aliphatic imine (C=N–C) groups is 1. The van der Waals surface area contributed by atoms with Gasteiger partial charge in [0.2, 0.25) is 0 Å². The minimum atomic E-state index is -0.452. The van der Waals surface area contributed by atoms with Gasteiger partial charge in [0.15, 0.2) is 5.96 Å². The molecule has 1 fully saturated rings. The van der Waals surface area contributed by atoms with Crippen molar-refractivity contribution in [3.8, 4) is 0 Å². The van der Waals surface area contributed by atoms with Crippen LogP contribution in [-0.2, 0) is 4.74 Å². The normalized spacial score (nSPS) is 15.0. The summed E-state index contributed by atoms with van der Waals surface area (Å²) in [5.74, 6) is 1.33. The summed E-state index contributed by atoms with van der Waals surface area (Å²) in [6, 6.07) is 0.335. The maximum Gasteiger partial charge on any atom is 0.410 e. The van der Waals surface area contributed by atoms with E-state index >= 15 is 0 Å². The van der Waals surface area contributed by atoms with E-state index in [0.29, 0.717) is 25.0 Å². The van der Waals surface area contributed by atoms with Gasteiger partial charge in [-0.15, -0.1) is 24.0 Å². The zero-order valence-corrected chi connectivity index (χ0v) is 17.6. The van der Waals surface area contributed by atoms with Gasteiger partial charge in [-0.05, 0) is 39.5 Å². The van der Waals surface area contributed by atoms with Crippen molar-refractivity contribution in [1.82, 2.24) is 15.5 Å². The Morgan fingerprint density at radius 2 is 1.91 bits per heavy atom. The molecule has 1 aliphatic carbocycles. The predicted molar refractivity (Wildman–Crippen MR) is 106 cm³/mol. The summed E-state index contributed by atoms with van der Waals surface area (Å²) >= 11 is 0. The second kappa shape index (κ2) is 10.2. The number of hydrogen-bond acceptors (Lipinski definition) is 3. The Labute approximate surface area is 157 Å². The number of carbonyl (C=O) groups excluding carboxylic acids is 1. The third-order valence-corrected chi connectivity index (χ3v) is 3.16. The molecule has 136 valence electrons. The minimum Gasteiger partial charge on any atom is -0.444 e. The largest absolute Gasteiger partial charge is 0.444 e. The number of amides is 1. The fraction of sp³-hybridized carbons (Fsp3) is 0.875. The Bertz CT molecular complexity index is 390. The molecule has 0 aromatic carbocycles. The Morgan fingerprint density at radius 1 is 1.30 bits per heavy atom. The highest BCUT2D eigenvalue weighted by Gasteiger charge is 2.34. The van der Waals surface area contributed by atoms with Gasteiger partial charge in [-0.2, -0.15) is 0 Å². The molecule has 0 saturated heterocycles. The lowest BCUT2D eigenvalue weighted by molar-refractivity contribution is 0.0238. The van der Waals surface area contributed by atoms with Crippen molar-refractivity contribution in [3.63, 3.8) is 0 Å². The Balaban J connectivity index is 0.00000484. The fourth-order valence-electron chi connectivity index (χ4n) is 1.95. The third-order valence-electron chi connectivity index (χ3n) is 3.16. The van der Waals surface area contributed by atoms with Gasteiger partial charge in [-0.1, -0.05) is 13.8 Å². The summed E-state index contributed by atoms with van der Waals surface area (Å²) in [5, 5.41) is 6.50. The van der Waals surface area contributed by atoms with Gasteiger partial charge in [-0.25, -0.2) is 4.79 Å². The molecule has 0 unspecified atom stereocenters. The molecule has 0 radical (unpaired) electrons. The van der Waals surface area contributed by atoms with Crippen molar-refractivity contribution >= 4 is 36.0 Å². The van der Waals surface area contributed by atoms with Crippen LogP contribution in [0.25, 0.3) is 0 Å². The molecule has 0 heterocycles. The van der Waals surface area contributed by atoms with Crippen molar-refractivity contribution in [2.24, 2.45) is 10.9 Å². The molecule has 1 saturated carbocycles. The molecule has 0 atom stereocenters. The van der Waals surface area contributed by atoms with Crippen LogP contribution in [-0.4, -0.2) is 55.3 Å². The first-order chi connectivity index (χ1) is 10.2. The number of hydrogen-bond donors (Lipinski definition) is 2. The van der Waals surface area contributed by atoms with E-state index in [2.05, 4.69) is 29.5 Å². The van der Waals surface area contributed by atoms with Crippen LogP contribution < -0.4 is 10.6 Å². The minimum absolute atomic E-state index is 0. The van der Waals surface area contributed by atoms with Crippen molar-refractivity contribution in [2.45, 2.75) is 59.1 Å². The predicted octanol–water partition coefficient (Wildman–Crippen LogP) is 2.82. The number of carbonyl (C=O) groups is 1. The first-order valence-corrected chi connectivity index (χ1v) is 8.17. The summed E-state index contributed by atoms with van der Waals surface area (Å²) < 4.78 is 5.48. The molecule has 0 aliphatic heterocycles. The number of nitrogens with one attached hydrogen (secondary N) is 2. The van der Waals surface area contributed by atoms with Gasteiger partial charge in [0.1, 0.15) is 5.60 Å². The topological polar surface area (TPSA) is 66.0 Å². The summed E-state index contributed by atoms with van der Waals surface area (Å²) in [6.45, 7) is 12.1. The molecule has 7 heteroatoms. The number of rotatable bonds is 6. The molecule has 1 amide bonds. The quantitative estimate of drug-likeness (QED) is 0.379. The van der Waals surface area contributed by atoms with Crippen LogP contribution in [0.4, 0.5) is 4.79 Å². The molecule has 1 rings (SSSR count). The first-order valence-electron chi connectivity index (χ1n) is 8.17. The van der Waals surface area contributed by atoms with E-state index in [0.717, 1.165) is 25.3 Å². The van der Waals surface area contributed by atoms with Gasteiger partial charge in [0.25, 0.3) is 0 Å². The molecule has 2 N–H and O–H groups in total. The third kappa shape index (κ3) is 9.88. The first kappa shape index (κ1) is 22.3. The fourth-order valence-corrected chi connectivity index (χ4v) is 1.95. The number of guanidine groups is 1. The smallest absolute Gasteiger partial charge is 0.410 e. The zero-order chi connectivity index (χ0) is 16.8. The average Bonchev–Trinajstić information content (AvgIpc) is 3.19. The highest BCUT2D eigenvalue weighted by atomic mass is 127. The maximum atomic E-state index is 12.2. The van der Waals surface area contributed by atoms with Crippen LogP contribution in [0.15, 0.2) is 4.99 Å². The van der Waals surface area contributed by atoms with Gasteiger partial charge in [-0.3, -0.25) is 4.99 Å². The molecular formula is C16H33IN4O2. The number of ether oxygens (including phenoxy) is 1. The van der Waals surface area contributed by atoms with Crippen LogP contribution in [0.2, 0.25) is 0 Å². The Kier molecular flexibility index (Phi) is 9.88. The highest BCUT2D eigenvalue weighted by Crippen LogP contribution is 2.27. The van der Waals surface area contributed by atoms with E-state index in [4.69, 9.17) is 4.74 Å². The summed E-state index contributed by atoms with van der Waals surface area (Å²) in [7, 11) is 1.75. The van der Waals surface area contributed by atoms with Crippen LogP contribution in [0.3, 0.4) is 0 Å². The Hall–Kier alpha value is -0.730. The summed E-state index contributed by atoms with van der Waals surface area (Å²) in [4.78, 5) is 18.2. The van der Waals surface area contributed by atoms with E-state index in [-0.39, 0.29) is 30.1 Å². The molecule has 0 aromatic rings. The number of halogens is 1. The number of nitrogens with zero attached hydrogens (tertiary/aromatic N) is 2. The van der Waals surface area contributed by atoms with Crippen molar-refractivity contribution in [2.75, 3.05) is 26.7 Å². The van der Waals surface area contributed by atoms with Crippen molar-refractivity contribution in [1.29, 1.82) is 0 Å². The molecular weight excluding hydrogens is 407 g/mol. The van der Waals surface area contributed by atoms with E-state index in [1.807, 2.05) is 25.7 Å². The van der Waals surface area contributed by atoms with Gasteiger partial charge < -0.3 is 20.3 Å². The summed E-state index contributed by atoms with van der Waals surface area (Å²) in [6.07, 6.45) is 1.92. The zero-order valence-electron chi connectivity index (χ0n) is 15.3. The molecule has 0 spiro atoms. The van der Waals surface area contributed by atoms with E-state index < -0.39 is 5.60 Å². The SMILES string of the molecule is CN=C(NCCN(C(=O)OC(C)(C)C)C1CC1)NCC(C)C.I. The van der Waals surface area contributed by atoms with Crippen LogP contribution in [0.5, 0.6) is 0 Å². The second-order valence-corrected chi connectivity index (χ2v) is 7.18. The standard InChI is InChI=1S/C16H32N4O2.HI/c1-12(2)11-19-14(17-6)18-9-10-20(13-7-8-13)15(21)22-16(3,4)5;/h12-13H,7-11H2,1-6H3,(H2,17,18,19);1H. The molecule has 1 aliphatic rings. The van der Waals surface area contributed by atoms with Crippen LogP contribution >= 0.6 is 24.0 Å². The summed E-state index contributed by atoms with van der Waals surface area (Å²) in [5.41, 5.74) is -0.452. The lowest BCUT2D eigenvalue weighted by atomic mass is 10.2. The van der Waals surface area contributed by atoms with Crippen LogP contribution in [0, 0.1) is 5.92 Å². The van der Waals surface area contributed by atoms with Gasteiger partial charge in [0.05, 0.1) is 0 Å². The van der Waals surface area contributed by atoms with Gasteiger partial charge in [0, 0.05) is 32.7 Å². The van der Waals surface area contributed by atoms with Crippen LogP contribution in [0.1, 0.15) is 47.5 Å². The maximum absolute atomic E-state index is 12.2. The average molecular weight is 440 g/mol. The van der Waals surface area contributed by atoms with E-state index in [1.165, 1.54) is 0 Å². The monoisotopic (exact) mass is 440 g/mol. The molecule has 6 nitrogen and oxygen atoms in total. The lowest BCUT2D eigenvalue weighted by Gasteiger charge is -2.27. The van der Waals surface area contributed by atoms with Crippen molar-refractivity contribution < 1.29 is 9.53 Å². The Morgan fingerprint density at radius 3 is 2.35 bits per heavy atom.